The smallest absolute Gasteiger partial charge is 0.191 e. The maximum absolute atomic E-state index is 10.6. The Kier molecular flexibility index (Phi) is 9.46. The van der Waals surface area contributed by atoms with Crippen molar-refractivity contribution < 1.29 is 9.84 Å². The molecule has 1 unspecified atom stereocenters. The van der Waals surface area contributed by atoms with E-state index >= 15 is 0 Å². The van der Waals surface area contributed by atoms with E-state index in [0.29, 0.717) is 12.0 Å². The lowest BCUT2D eigenvalue weighted by Crippen LogP contribution is -2.41. The molecule has 1 aromatic heterocycles. The Morgan fingerprint density at radius 2 is 2.11 bits per heavy atom. The molecule has 28 heavy (non-hydrogen) atoms. The van der Waals surface area contributed by atoms with E-state index < -0.39 is 6.10 Å². The average molecular weight is 517 g/mol. The average Bonchev–Trinajstić information content (AvgIpc) is 3.09. The number of halogens is 1. The second kappa shape index (κ2) is 11.3. The van der Waals surface area contributed by atoms with Crippen molar-refractivity contribution in [3.05, 3.63) is 35.2 Å². The lowest BCUT2D eigenvalue weighted by Gasteiger charge is -2.40. The summed E-state index contributed by atoms with van der Waals surface area (Å²) in [5.74, 6) is 0.779. The van der Waals surface area contributed by atoms with Crippen LogP contribution in [0.2, 0.25) is 0 Å². The van der Waals surface area contributed by atoms with Crippen LogP contribution in [-0.4, -0.2) is 44.4 Å². The quantitative estimate of drug-likeness (QED) is 0.264. The van der Waals surface area contributed by atoms with Crippen molar-refractivity contribution in [1.82, 2.24) is 10.6 Å². The van der Waals surface area contributed by atoms with E-state index in [0.717, 1.165) is 37.0 Å². The number of hydrogen-bond donors (Lipinski definition) is 3. The second-order valence-corrected chi connectivity index (χ2v) is 8.49. The van der Waals surface area contributed by atoms with Gasteiger partial charge in [0.1, 0.15) is 6.10 Å². The number of hydrogen-bond acceptors (Lipinski definition) is 4. The SMILES string of the molecule is CCNC(=NCC1(CCOC)CCC1)NCC(O)c1cc2ccccc2s1.I. The highest BCUT2D eigenvalue weighted by Crippen LogP contribution is 2.44. The summed E-state index contributed by atoms with van der Waals surface area (Å²) in [4.78, 5) is 5.78. The lowest BCUT2D eigenvalue weighted by atomic mass is 9.67. The molecule has 2 aromatic rings. The van der Waals surface area contributed by atoms with E-state index in [4.69, 9.17) is 9.73 Å². The lowest BCUT2D eigenvalue weighted by molar-refractivity contribution is 0.0778. The number of aliphatic hydroxyl groups is 1. The molecule has 1 heterocycles. The van der Waals surface area contributed by atoms with Crippen LogP contribution >= 0.6 is 35.3 Å². The predicted molar refractivity (Wildman–Crippen MR) is 129 cm³/mol. The van der Waals surface area contributed by atoms with Crippen molar-refractivity contribution in [3.8, 4) is 0 Å². The number of methoxy groups -OCH3 is 1. The Morgan fingerprint density at radius 3 is 2.75 bits per heavy atom. The molecule has 1 aliphatic rings. The molecule has 0 bridgehead atoms. The van der Waals surface area contributed by atoms with Gasteiger partial charge in [-0.05, 0) is 49.1 Å². The third-order valence-corrected chi connectivity index (χ3v) is 6.62. The Balaban J connectivity index is 0.00000280. The predicted octanol–water partition coefficient (Wildman–Crippen LogP) is 4.31. The second-order valence-electron chi connectivity index (χ2n) is 7.37. The maximum atomic E-state index is 10.6. The van der Waals surface area contributed by atoms with E-state index in [1.165, 1.54) is 29.3 Å². The Hall–Kier alpha value is -0.900. The van der Waals surface area contributed by atoms with Crippen molar-refractivity contribution in [2.75, 3.05) is 33.4 Å². The summed E-state index contributed by atoms with van der Waals surface area (Å²) in [6.07, 6.45) is 4.26. The van der Waals surface area contributed by atoms with Crippen LogP contribution in [0.4, 0.5) is 0 Å². The fourth-order valence-electron chi connectivity index (χ4n) is 3.53. The first-order valence-electron chi connectivity index (χ1n) is 9.83. The number of nitrogens with one attached hydrogen (secondary N) is 2. The van der Waals surface area contributed by atoms with Crippen molar-refractivity contribution in [1.29, 1.82) is 0 Å². The van der Waals surface area contributed by atoms with Gasteiger partial charge in [0.15, 0.2) is 5.96 Å². The fraction of sp³-hybridized carbons (Fsp3) is 0.571. The molecule has 5 nitrogen and oxygen atoms in total. The first kappa shape index (κ1) is 23.4. The van der Waals surface area contributed by atoms with Gasteiger partial charge in [-0.2, -0.15) is 0 Å². The highest BCUT2D eigenvalue weighted by atomic mass is 127. The van der Waals surface area contributed by atoms with Gasteiger partial charge in [0.05, 0.1) is 0 Å². The highest BCUT2D eigenvalue weighted by molar-refractivity contribution is 14.0. The molecule has 0 saturated heterocycles. The zero-order valence-corrected chi connectivity index (χ0v) is 19.9. The van der Waals surface area contributed by atoms with Crippen molar-refractivity contribution in [3.63, 3.8) is 0 Å². The molecule has 0 spiro atoms. The van der Waals surface area contributed by atoms with E-state index in [1.54, 1.807) is 18.4 Å². The summed E-state index contributed by atoms with van der Waals surface area (Å²) in [7, 11) is 1.76. The number of aliphatic imine (C=N–C) groups is 1. The van der Waals surface area contributed by atoms with Crippen LogP contribution in [0.15, 0.2) is 35.3 Å². The van der Waals surface area contributed by atoms with Gasteiger partial charge < -0.3 is 20.5 Å². The van der Waals surface area contributed by atoms with Gasteiger partial charge >= 0.3 is 0 Å². The van der Waals surface area contributed by atoms with E-state index in [-0.39, 0.29) is 24.0 Å². The summed E-state index contributed by atoms with van der Waals surface area (Å²) in [5, 5.41) is 18.4. The summed E-state index contributed by atoms with van der Waals surface area (Å²) in [6.45, 7) is 4.91. The minimum atomic E-state index is -0.544. The van der Waals surface area contributed by atoms with Gasteiger partial charge in [-0.1, -0.05) is 24.6 Å². The monoisotopic (exact) mass is 517 g/mol. The van der Waals surface area contributed by atoms with Crippen LogP contribution in [0.1, 0.15) is 43.6 Å². The van der Waals surface area contributed by atoms with Crippen molar-refractivity contribution >= 4 is 51.4 Å². The molecular formula is C21H32IN3O2S. The third-order valence-electron chi connectivity index (χ3n) is 5.40. The number of fused-ring (bicyclic) bond motifs is 1. The third kappa shape index (κ3) is 6.05. The summed E-state index contributed by atoms with van der Waals surface area (Å²) >= 11 is 1.65. The van der Waals surface area contributed by atoms with Gasteiger partial charge in [0.2, 0.25) is 0 Å². The zero-order valence-electron chi connectivity index (χ0n) is 16.7. The van der Waals surface area contributed by atoms with Gasteiger partial charge in [-0.25, -0.2) is 0 Å². The number of benzene rings is 1. The number of rotatable bonds is 9. The Bertz CT molecular complexity index is 728. The van der Waals surface area contributed by atoms with Crippen LogP contribution in [0.3, 0.4) is 0 Å². The normalized spacial score (nSPS) is 16.9. The molecule has 7 heteroatoms. The highest BCUT2D eigenvalue weighted by Gasteiger charge is 2.36. The Labute approximate surface area is 189 Å². The summed E-state index contributed by atoms with van der Waals surface area (Å²) in [5.41, 5.74) is 0.294. The van der Waals surface area contributed by atoms with E-state index in [9.17, 15) is 5.11 Å². The summed E-state index contributed by atoms with van der Waals surface area (Å²) < 4.78 is 6.47. The van der Waals surface area contributed by atoms with Crippen LogP contribution in [-0.2, 0) is 4.74 Å². The van der Waals surface area contributed by atoms with Crippen LogP contribution in [0.5, 0.6) is 0 Å². The molecule has 0 radical (unpaired) electrons. The van der Waals surface area contributed by atoms with Gasteiger partial charge in [-0.3, -0.25) is 4.99 Å². The zero-order chi connectivity index (χ0) is 19.1. The minimum absolute atomic E-state index is 0. The van der Waals surface area contributed by atoms with E-state index in [2.05, 4.69) is 35.8 Å². The van der Waals surface area contributed by atoms with Crippen molar-refractivity contribution in [2.24, 2.45) is 10.4 Å². The number of guanidine groups is 1. The molecule has 0 aliphatic heterocycles. The van der Waals surface area contributed by atoms with Gasteiger partial charge in [0.25, 0.3) is 0 Å². The molecule has 156 valence electrons. The fourth-order valence-corrected chi connectivity index (χ4v) is 4.58. The van der Waals surface area contributed by atoms with Gasteiger partial charge in [0, 0.05) is 42.9 Å². The minimum Gasteiger partial charge on any atom is -0.386 e. The van der Waals surface area contributed by atoms with Gasteiger partial charge in [-0.15, -0.1) is 35.3 Å². The molecule has 1 atom stereocenters. The molecule has 1 aromatic carbocycles. The summed E-state index contributed by atoms with van der Waals surface area (Å²) in [6, 6.07) is 10.3. The van der Waals surface area contributed by atoms with Crippen molar-refractivity contribution in [2.45, 2.75) is 38.7 Å². The Morgan fingerprint density at radius 1 is 1.32 bits per heavy atom. The molecule has 1 fully saturated rings. The van der Waals surface area contributed by atoms with Crippen LogP contribution < -0.4 is 10.6 Å². The van der Waals surface area contributed by atoms with Crippen LogP contribution in [0, 0.1) is 5.41 Å². The molecule has 1 saturated carbocycles. The topological polar surface area (TPSA) is 65.9 Å². The molecule has 3 N–H and O–H groups in total. The maximum Gasteiger partial charge on any atom is 0.191 e. The number of nitrogens with zero attached hydrogens (tertiary/aromatic N) is 1. The largest absolute Gasteiger partial charge is 0.386 e. The molecule has 3 rings (SSSR count). The standard InChI is InChI=1S/C21H31N3O2S.HI/c1-3-22-20(24-15-21(9-6-10-21)11-12-26-2)23-14-17(25)19-13-16-7-4-5-8-18(16)27-19;/h4-5,7-8,13,17,25H,3,6,9-12,14-15H2,1-2H3,(H2,22,23,24);1H. The van der Waals surface area contributed by atoms with Crippen LogP contribution in [0.25, 0.3) is 10.1 Å². The molecular weight excluding hydrogens is 485 g/mol. The number of ether oxygens (including phenoxy) is 1. The molecule has 0 amide bonds. The van der Waals surface area contributed by atoms with E-state index in [1.807, 2.05) is 12.1 Å². The number of aliphatic hydroxyl groups excluding tert-OH is 1. The first-order valence-corrected chi connectivity index (χ1v) is 10.6. The molecule has 1 aliphatic carbocycles. The first-order chi connectivity index (χ1) is 13.2. The number of thiophene rings is 1.